The van der Waals surface area contributed by atoms with E-state index in [0.717, 1.165) is 26.1 Å². The molecular weight excluding hydrogens is 140 g/mol. The standard InChI is InChI=1S/C9H14O2/c1-3-8(2)11-9-4-6-10-7-5-9/h3,9H,1-2,4-7H2. The highest BCUT2D eigenvalue weighted by Crippen LogP contribution is 2.13. The molecule has 1 saturated heterocycles. The summed E-state index contributed by atoms with van der Waals surface area (Å²) in [6, 6.07) is 0. The minimum Gasteiger partial charge on any atom is -0.491 e. The van der Waals surface area contributed by atoms with Gasteiger partial charge in [-0.15, -0.1) is 0 Å². The van der Waals surface area contributed by atoms with E-state index < -0.39 is 0 Å². The molecule has 0 bridgehead atoms. The lowest BCUT2D eigenvalue weighted by molar-refractivity contribution is -0.000273. The van der Waals surface area contributed by atoms with E-state index in [-0.39, 0.29) is 6.10 Å². The Kier molecular flexibility index (Phi) is 3.17. The molecule has 2 heteroatoms. The van der Waals surface area contributed by atoms with E-state index in [4.69, 9.17) is 9.47 Å². The van der Waals surface area contributed by atoms with Crippen LogP contribution in [0.15, 0.2) is 25.0 Å². The highest BCUT2D eigenvalue weighted by Gasteiger charge is 2.14. The first-order valence-electron chi connectivity index (χ1n) is 3.88. The zero-order valence-electron chi connectivity index (χ0n) is 6.71. The third kappa shape index (κ3) is 2.76. The van der Waals surface area contributed by atoms with Crippen molar-refractivity contribution in [3.8, 4) is 0 Å². The van der Waals surface area contributed by atoms with E-state index >= 15 is 0 Å². The van der Waals surface area contributed by atoms with Crippen molar-refractivity contribution in [1.29, 1.82) is 0 Å². The summed E-state index contributed by atoms with van der Waals surface area (Å²) in [6.45, 7) is 8.86. The highest BCUT2D eigenvalue weighted by atomic mass is 16.5. The fourth-order valence-electron chi connectivity index (χ4n) is 1.06. The lowest BCUT2D eigenvalue weighted by Gasteiger charge is -2.23. The highest BCUT2D eigenvalue weighted by molar-refractivity contribution is 5.02. The van der Waals surface area contributed by atoms with Crippen molar-refractivity contribution in [2.24, 2.45) is 0 Å². The van der Waals surface area contributed by atoms with E-state index in [1.54, 1.807) is 6.08 Å². The zero-order chi connectivity index (χ0) is 8.10. The van der Waals surface area contributed by atoms with E-state index in [0.29, 0.717) is 5.76 Å². The van der Waals surface area contributed by atoms with Crippen LogP contribution in [0.4, 0.5) is 0 Å². The Hall–Kier alpha value is -0.760. The Morgan fingerprint density at radius 3 is 2.64 bits per heavy atom. The number of ether oxygens (including phenoxy) is 2. The van der Waals surface area contributed by atoms with E-state index in [2.05, 4.69) is 13.2 Å². The van der Waals surface area contributed by atoms with Crippen molar-refractivity contribution in [2.45, 2.75) is 18.9 Å². The van der Waals surface area contributed by atoms with Crippen LogP contribution >= 0.6 is 0 Å². The minimum atomic E-state index is 0.286. The quantitative estimate of drug-likeness (QED) is 0.456. The molecule has 62 valence electrons. The average Bonchev–Trinajstić information content (AvgIpc) is 2.06. The third-order valence-electron chi connectivity index (χ3n) is 1.71. The molecule has 1 heterocycles. The normalized spacial score (nSPS) is 19.3. The summed E-state index contributed by atoms with van der Waals surface area (Å²) < 4.78 is 10.6. The lowest BCUT2D eigenvalue weighted by Crippen LogP contribution is -2.22. The van der Waals surface area contributed by atoms with E-state index in [1.165, 1.54) is 0 Å². The van der Waals surface area contributed by atoms with Gasteiger partial charge in [0.1, 0.15) is 11.9 Å². The van der Waals surface area contributed by atoms with Crippen molar-refractivity contribution in [2.75, 3.05) is 13.2 Å². The summed E-state index contributed by atoms with van der Waals surface area (Å²) in [7, 11) is 0. The maximum atomic E-state index is 5.45. The Morgan fingerprint density at radius 2 is 2.09 bits per heavy atom. The monoisotopic (exact) mass is 154 g/mol. The fraction of sp³-hybridized carbons (Fsp3) is 0.556. The SMILES string of the molecule is C=CC(=C)OC1CCOCC1. The van der Waals surface area contributed by atoms with Gasteiger partial charge in [0.25, 0.3) is 0 Å². The van der Waals surface area contributed by atoms with Gasteiger partial charge in [0.05, 0.1) is 13.2 Å². The maximum absolute atomic E-state index is 5.45. The first kappa shape index (κ1) is 8.34. The molecule has 0 N–H and O–H groups in total. The molecule has 1 rings (SSSR count). The summed E-state index contributed by atoms with van der Waals surface area (Å²) in [5, 5.41) is 0. The number of hydrogen-bond acceptors (Lipinski definition) is 2. The van der Waals surface area contributed by atoms with Gasteiger partial charge in [-0.2, -0.15) is 0 Å². The molecule has 1 aliphatic heterocycles. The summed E-state index contributed by atoms with van der Waals surface area (Å²) in [5.74, 6) is 0.664. The van der Waals surface area contributed by atoms with E-state index in [1.807, 2.05) is 0 Å². The van der Waals surface area contributed by atoms with Crippen molar-refractivity contribution >= 4 is 0 Å². The van der Waals surface area contributed by atoms with Crippen LogP contribution in [0.5, 0.6) is 0 Å². The van der Waals surface area contributed by atoms with Gasteiger partial charge < -0.3 is 9.47 Å². The average molecular weight is 154 g/mol. The molecule has 0 aliphatic carbocycles. The minimum absolute atomic E-state index is 0.286. The van der Waals surface area contributed by atoms with Crippen LogP contribution in [0, 0.1) is 0 Å². The molecule has 1 fully saturated rings. The first-order valence-corrected chi connectivity index (χ1v) is 3.88. The van der Waals surface area contributed by atoms with Crippen molar-refractivity contribution in [3.05, 3.63) is 25.0 Å². The van der Waals surface area contributed by atoms with Crippen LogP contribution in [0.2, 0.25) is 0 Å². The zero-order valence-corrected chi connectivity index (χ0v) is 6.71. The van der Waals surface area contributed by atoms with Crippen LogP contribution in [0.25, 0.3) is 0 Å². The molecule has 11 heavy (non-hydrogen) atoms. The molecule has 0 spiro atoms. The number of hydrogen-bond donors (Lipinski definition) is 0. The molecule has 0 amide bonds. The van der Waals surface area contributed by atoms with Crippen molar-refractivity contribution in [3.63, 3.8) is 0 Å². The van der Waals surface area contributed by atoms with Gasteiger partial charge in [-0.05, 0) is 6.08 Å². The Bertz CT molecular complexity index is 146. The van der Waals surface area contributed by atoms with Gasteiger partial charge in [-0.1, -0.05) is 13.2 Å². The van der Waals surface area contributed by atoms with Crippen LogP contribution in [0.3, 0.4) is 0 Å². The number of rotatable bonds is 3. The second kappa shape index (κ2) is 4.19. The molecule has 0 saturated carbocycles. The van der Waals surface area contributed by atoms with Gasteiger partial charge in [0, 0.05) is 12.8 Å². The molecular formula is C9H14O2. The summed E-state index contributed by atoms with van der Waals surface area (Å²) in [5.41, 5.74) is 0. The smallest absolute Gasteiger partial charge is 0.111 e. The van der Waals surface area contributed by atoms with Crippen molar-refractivity contribution < 1.29 is 9.47 Å². The third-order valence-corrected chi connectivity index (χ3v) is 1.71. The van der Waals surface area contributed by atoms with Crippen LogP contribution < -0.4 is 0 Å². The number of allylic oxidation sites excluding steroid dienone is 1. The van der Waals surface area contributed by atoms with Crippen LogP contribution in [-0.4, -0.2) is 19.3 Å². The molecule has 2 nitrogen and oxygen atoms in total. The van der Waals surface area contributed by atoms with E-state index in [9.17, 15) is 0 Å². The summed E-state index contributed by atoms with van der Waals surface area (Å²) >= 11 is 0. The van der Waals surface area contributed by atoms with Crippen LogP contribution in [0.1, 0.15) is 12.8 Å². The fourth-order valence-corrected chi connectivity index (χ4v) is 1.06. The molecule has 0 aromatic rings. The van der Waals surface area contributed by atoms with Gasteiger partial charge >= 0.3 is 0 Å². The second-order valence-corrected chi connectivity index (χ2v) is 2.60. The first-order chi connectivity index (χ1) is 5.33. The van der Waals surface area contributed by atoms with Crippen LogP contribution in [-0.2, 0) is 9.47 Å². The molecule has 0 atom stereocenters. The second-order valence-electron chi connectivity index (χ2n) is 2.60. The summed E-state index contributed by atoms with van der Waals surface area (Å²) in [6.07, 6.45) is 3.85. The molecule has 0 unspecified atom stereocenters. The Morgan fingerprint density at radius 1 is 1.45 bits per heavy atom. The Labute approximate surface area is 67.5 Å². The van der Waals surface area contributed by atoms with Gasteiger partial charge in [0.2, 0.25) is 0 Å². The molecule has 0 radical (unpaired) electrons. The van der Waals surface area contributed by atoms with Gasteiger partial charge in [-0.3, -0.25) is 0 Å². The van der Waals surface area contributed by atoms with Crippen molar-refractivity contribution in [1.82, 2.24) is 0 Å². The van der Waals surface area contributed by atoms with Gasteiger partial charge in [0.15, 0.2) is 0 Å². The Balaban J connectivity index is 2.24. The largest absolute Gasteiger partial charge is 0.491 e. The molecule has 0 aromatic carbocycles. The maximum Gasteiger partial charge on any atom is 0.111 e. The molecule has 1 aliphatic rings. The molecule has 0 aromatic heterocycles. The topological polar surface area (TPSA) is 18.5 Å². The summed E-state index contributed by atoms with van der Waals surface area (Å²) in [4.78, 5) is 0. The van der Waals surface area contributed by atoms with Gasteiger partial charge in [-0.25, -0.2) is 0 Å². The predicted octanol–water partition coefficient (Wildman–Crippen LogP) is 1.88. The predicted molar refractivity (Wildman–Crippen MR) is 44.3 cm³/mol. The lowest BCUT2D eigenvalue weighted by atomic mass is 10.1.